The largest absolute Gasteiger partial charge is 0.356 e. The molecule has 0 fully saturated rings. The van der Waals surface area contributed by atoms with E-state index in [1.165, 1.54) is 167 Å². The molecule has 0 saturated heterocycles. The van der Waals surface area contributed by atoms with Gasteiger partial charge in [-0.2, -0.15) is 0 Å². The lowest BCUT2D eigenvalue weighted by atomic mass is 10.0. The second kappa shape index (κ2) is 36.4. The number of carbonyl (C=O) groups excluding carboxylic acids is 2. The summed E-state index contributed by atoms with van der Waals surface area (Å²) in [6.45, 7) is 9.16. The van der Waals surface area contributed by atoms with Crippen molar-refractivity contribution in [1.29, 1.82) is 0 Å². The maximum absolute atomic E-state index is 13.1. The van der Waals surface area contributed by atoms with Crippen LogP contribution in [0.25, 0.3) is 0 Å². The third-order valence-electron chi connectivity index (χ3n) is 9.33. The third kappa shape index (κ3) is 32.3. The number of hydrogen-bond acceptors (Lipinski definition) is 2. The van der Waals surface area contributed by atoms with Crippen LogP contribution in [0.3, 0.4) is 0 Å². The molecule has 0 bridgehead atoms. The van der Waals surface area contributed by atoms with Crippen LogP contribution in [0.5, 0.6) is 0 Å². The molecule has 0 aliphatic rings. The smallest absolute Gasteiger partial charge is 0.223 e. The number of amides is 2. The van der Waals surface area contributed by atoms with Crippen LogP contribution < -0.4 is 5.32 Å². The minimum absolute atomic E-state index is 0. The van der Waals surface area contributed by atoms with Crippen LogP contribution >= 0.6 is 0 Å². The van der Waals surface area contributed by atoms with Crippen molar-refractivity contribution in [3.8, 4) is 0 Å². The normalized spacial score (nSPS) is 11.2. The van der Waals surface area contributed by atoms with Gasteiger partial charge < -0.3 is 10.2 Å². The second-order valence-corrected chi connectivity index (χ2v) is 13.8. The van der Waals surface area contributed by atoms with E-state index in [1.54, 1.807) is 0 Å². The van der Waals surface area contributed by atoms with E-state index >= 15 is 0 Å². The predicted molar refractivity (Wildman–Crippen MR) is 196 cm³/mol. The van der Waals surface area contributed by atoms with Gasteiger partial charge in [-0.25, -0.2) is 0 Å². The van der Waals surface area contributed by atoms with Gasteiger partial charge in [0.2, 0.25) is 11.8 Å². The van der Waals surface area contributed by atoms with Crippen molar-refractivity contribution >= 4 is 11.8 Å². The summed E-state index contributed by atoms with van der Waals surface area (Å²) in [4.78, 5) is 27.3. The molecule has 0 aromatic rings. The first-order chi connectivity index (χ1) is 21.7. The average molecular weight is 623 g/mol. The van der Waals surface area contributed by atoms with Gasteiger partial charge in [-0.1, -0.05) is 194 Å². The highest BCUT2D eigenvalue weighted by Crippen LogP contribution is 2.15. The molecule has 44 heavy (non-hydrogen) atoms. The maximum Gasteiger partial charge on any atom is 0.223 e. The van der Waals surface area contributed by atoms with Gasteiger partial charge in [0.25, 0.3) is 0 Å². The zero-order valence-electron chi connectivity index (χ0n) is 30.5. The van der Waals surface area contributed by atoms with E-state index in [-0.39, 0.29) is 13.2 Å². The minimum Gasteiger partial charge on any atom is -0.356 e. The van der Waals surface area contributed by atoms with E-state index < -0.39 is 0 Å². The van der Waals surface area contributed by atoms with E-state index in [1.807, 2.05) is 0 Å². The van der Waals surface area contributed by atoms with Crippen LogP contribution in [0.4, 0.5) is 0 Å². The quantitative estimate of drug-likeness (QED) is 0.0707. The summed E-state index contributed by atoms with van der Waals surface area (Å²) in [5, 5.41) is 2.96. The van der Waals surface area contributed by atoms with Crippen LogP contribution in [0.2, 0.25) is 0 Å². The summed E-state index contributed by atoms with van der Waals surface area (Å²) in [5.41, 5.74) is 0. The van der Waals surface area contributed by atoms with Crippen LogP contribution in [0.15, 0.2) is 0 Å². The Labute approximate surface area is 278 Å². The summed E-state index contributed by atoms with van der Waals surface area (Å²) in [6.07, 6.45) is 40.7. The summed E-state index contributed by atoms with van der Waals surface area (Å²) < 4.78 is 0. The molecule has 0 aromatic carbocycles. The number of hydrogen-bond donors (Lipinski definition) is 1. The Bertz CT molecular complexity index is 569. The molecule has 0 rings (SSSR count). The molecular weight excluding hydrogens is 540 g/mol. The molecule has 0 unspecified atom stereocenters. The van der Waals surface area contributed by atoms with Crippen LogP contribution in [-0.4, -0.2) is 36.3 Å². The van der Waals surface area contributed by atoms with Gasteiger partial charge in [-0.05, 0) is 19.3 Å². The van der Waals surface area contributed by atoms with Gasteiger partial charge in [0, 0.05) is 33.9 Å². The van der Waals surface area contributed by atoms with E-state index in [9.17, 15) is 9.59 Å². The molecule has 0 saturated carbocycles. The Balaban J connectivity index is 0. The number of nitrogens with one attached hydrogen (secondary N) is 1. The van der Waals surface area contributed by atoms with E-state index in [2.05, 4.69) is 31.0 Å². The number of nitrogens with zero attached hydrogens (tertiary/aromatic N) is 1. The minimum atomic E-state index is 0. The predicted octanol–water partition coefficient (Wildman–Crippen LogP) is 12.7. The molecule has 4 nitrogen and oxygen atoms in total. The van der Waals surface area contributed by atoms with Crippen LogP contribution in [0, 0.1) is 0 Å². The molecule has 0 aromatic heterocycles. The van der Waals surface area contributed by atoms with E-state index in [0.717, 1.165) is 45.3 Å². The fourth-order valence-electron chi connectivity index (χ4n) is 6.23. The van der Waals surface area contributed by atoms with Crippen molar-refractivity contribution in [1.82, 2.24) is 10.2 Å². The van der Waals surface area contributed by atoms with Crippen molar-refractivity contribution in [3.63, 3.8) is 0 Å². The number of rotatable bonds is 36. The Morgan fingerprint density at radius 3 is 1.02 bits per heavy atom. The fraction of sp³-hybridized carbons (Fsp3) is 0.950. The zero-order chi connectivity index (χ0) is 32.2. The molecule has 4 heteroatoms. The highest BCUT2D eigenvalue weighted by Gasteiger charge is 2.14. The van der Waals surface area contributed by atoms with Crippen molar-refractivity contribution < 1.29 is 11.0 Å². The standard InChI is InChI=1S/C40H80N2O2.H2/c1-4-7-10-12-14-16-18-20-22-24-26-28-30-32-37-42(40(44)35-34-39(43)41-36-9-6-3)38-33-31-29-27-25-23-21-19-17-15-13-11-8-5-2;/h4-38H2,1-3H3,(H,41,43);1H. The SMILES string of the molecule is CCCCCCCCCCCCCCCCN(CCCCCCCCCCCCCCCC)C(=O)CCC(=O)NCCCC.[HH]. The zero-order valence-corrected chi connectivity index (χ0v) is 30.5. The maximum atomic E-state index is 13.1. The monoisotopic (exact) mass is 623 g/mol. The summed E-state index contributed by atoms with van der Waals surface area (Å²) in [7, 11) is 0. The highest BCUT2D eigenvalue weighted by atomic mass is 16.2. The van der Waals surface area contributed by atoms with Crippen molar-refractivity contribution in [3.05, 3.63) is 0 Å². The Morgan fingerprint density at radius 1 is 0.409 bits per heavy atom. The van der Waals surface area contributed by atoms with E-state index in [4.69, 9.17) is 0 Å². The summed E-state index contributed by atoms with van der Waals surface area (Å²) >= 11 is 0. The van der Waals surface area contributed by atoms with Gasteiger partial charge in [-0.15, -0.1) is 0 Å². The van der Waals surface area contributed by atoms with Crippen LogP contribution in [0.1, 0.15) is 228 Å². The molecule has 0 atom stereocenters. The third-order valence-corrected chi connectivity index (χ3v) is 9.33. The lowest BCUT2D eigenvalue weighted by Gasteiger charge is -2.23. The molecule has 0 spiro atoms. The fourth-order valence-corrected chi connectivity index (χ4v) is 6.23. The molecular formula is C40H82N2O2. The molecule has 0 heterocycles. The van der Waals surface area contributed by atoms with Gasteiger partial charge in [0.05, 0.1) is 0 Å². The van der Waals surface area contributed by atoms with E-state index in [0.29, 0.717) is 12.8 Å². The first-order valence-electron chi connectivity index (χ1n) is 20.2. The van der Waals surface area contributed by atoms with Crippen molar-refractivity contribution in [2.75, 3.05) is 19.6 Å². The van der Waals surface area contributed by atoms with Crippen LogP contribution in [-0.2, 0) is 9.59 Å². The van der Waals surface area contributed by atoms with Gasteiger partial charge >= 0.3 is 0 Å². The molecule has 264 valence electrons. The van der Waals surface area contributed by atoms with Gasteiger partial charge in [0.15, 0.2) is 0 Å². The average Bonchev–Trinajstić information content (AvgIpc) is 3.03. The lowest BCUT2D eigenvalue weighted by molar-refractivity contribution is -0.133. The Kier molecular flexibility index (Phi) is 35.5. The van der Waals surface area contributed by atoms with Gasteiger partial charge in [0.1, 0.15) is 0 Å². The van der Waals surface area contributed by atoms with Crippen molar-refractivity contribution in [2.24, 2.45) is 0 Å². The topological polar surface area (TPSA) is 49.4 Å². The molecule has 0 aliphatic heterocycles. The molecule has 0 radical (unpaired) electrons. The van der Waals surface area contributed by atoms with Gasteiger partial charge in [-0.3, -0.25) is 9.59 Å². The molecule has 2 amide bonds. The number of carbonyl (C=O) groups is 2. The lowest BCUT2D eigenvalue weighted by Crippen LogP contribution is -2.34. The van der Waals surface area contributed by atoms with Crippen molar-refractivity contribution in [2.45, 2.75) is 226 Å². The highest BCUT2D eigenvalue weighted by molar-refractivity contribution is 5.83. The Hall–Kier alpha value is -1.06. The Morgan fingerprint density at radius 2 is 0.705 bits per heavy atom. The first-order valence-corrected chi connectivity index (χ1v) is 20.2. The first kappa shape index (κ1) is 42.9. The number of unbranched alkanes of at least 4 members (excludes halogenated alkanes) is 27. The second-order valence-electron chi connectivity index (χ2n) is 13.8. The molecule has 0 aliphatic carbocycles. The summed E-state index contributed by atoms with van der Waals surface area (Å²) in [5.74, 6) is 0.208. The molecule has 1 N–H and O–H groups in total. The summed E-state index contributed by atoms with van der Waals surface area (Å²) in [6, 6.07) is 0.